The highest BCUT2D eigenvalue weighted by Crippen LogP contribution is 2.42. The van der Waals surface area contributed by atoms with Crippen LogP contribution in [0.15, 0.2) is 0 Å². The van der Waals surface area contributed by atoms with E-state index in [1.165, 1.54) is 17.8 Å². The van der Waals surface area contributed by atoms with Crippen LogP contribution < -0.4 is 5.32 Å². The molecule has 13 heavy (non-hydrogen) atoms. The first-order valence-corrected chi connectivity index (χ1v) is 5.40. The second-order valence-corrected chi connectivity index (χ2v) is 4.66. The second kappa shape index (κ2) is 2.62. The first kappa shape index (κ1) is 7.64. The number of nitrogens with one attached hydrogen (secondary N) is 1. The third-order valence-corrected chi connectivity index (χ3v) is 3.77. The topological polar surface area (TPSA) is 42.0 Å². The van der Waals surface area contributed by atoms with Crippen molar-refractivity contribution in [2.45, 2.75) is 25.3 Å². The summed E-state index contributed by atoms with van der Waals surface area (Å²) < 4.78 is 0. The van der Waals surface area contributed by atoms with E-state index in [0.29, 0.717) is 12.5 Å². The lowest BCUT2D eigenvalue weighted by Gasteiger charge is -2.08. The molecule has 68 valence electrons. The summed E-state index contributed by atoms with van der Waals surface area (Å²) in [5.74, 6) is 0.883. The summed E-state index contributed by atoms with van der Waals surface area (Å²) in [6, 6.07) is 0. The maximum absolute atomic E-state index is 11.4. The Balaban J connectivity index is 2.04. The van der Waals surface area contributed by atoms with Gasteiger partial charge in [-0.25, -0.2) is 4.98 Å². The molecule has 3 nitrogen and oxygen atoms in total. The Bertz CT molecular complexity index is 368. The van der Waals surface area contributed by atoms with Gasteiger partial charge in [0.15, 0.2) is 5.78 Å². The average Bonchev–Trinajstić information content (AvgIpc) is 2.87. The lowest BCUT2D eigenvalue weighted by Crippen LogP contribution is -2.28. The monoisotopic (exact) mass is 194 g/mol. The van der Waals surface area contributed by atoms with Gasteiger partial charge in [0, 0.05) is 12.5 Å². The number of rotatable bonds is 1. The van der Waals surface area contributed by atoms with E-state index in [0.717, 1.165) is 17.1 Å². The van der Waals surface area contributed by atoms with Gasteiger partial charge in [0.05, 0.1) is 22.1 Å². The van der Waals surface area contributed by atoms with Gasteiger partial charge < -0.3 is 5.32 Å². The van der Waals surface area contributed by atoms with Crippen LogP contribution in [0, 0.1) is 0 Å². The fourth-order valence-electron chi connectivity index (χ4n) is 1.59. The molecule has 0 spiro atoms. The van der Waals surface area contributed by atoms with Crippen molar-refractivity contribution in [3.8, 4) is 0 Å². The number of thiazole rings is 1. The number of Topliss-reactive ketones (excluding diaryl/α,β-unsaturated/α-hetero) is 1. The summed E-state index contributed by atoms with van der Waals surface area (Å²) in [6.45, 7) is 1.25. The molecular formula is C9H10N2OS. The SMILES string of the molecule is O=C1CNCc2nc(C3CC3)sc21. The Morgan fingerprint density at radius 2 is 2.23 bits per heavy atom. The number of aromatic nitrogens is 1. The number of fused-ring (bicyclic) bond motifs is 1. The Hall–Kier alpha value is -0.740. The Kier molecular flexibility index (Phi) is 1.54. The number of hydrogen-bond acceptors (Lipinski definition) is 4. The Labute approximate surface area is 80.2 Å². The van der Waals surface area contributed by atoms with E-state index in [-0.39, 0.29) is 5.78 Å². The van der Waals surface area contributed by atoms with Gasteiger partial charge in [-0.3, -0.25) is 4.79 Å². The normalized spacial score (nSPS) is 21.7. The van der Waals surface area contributed by atoms with Crippen LogP contribution in [0.1, 0.15) is 39.1 Å². The van der Waals surface area contributed by atoms with Crippen molar-refractivity contribution in [2.75, 3.05) is 6.54 Å². The molecule has 1 saturated carbocycles. The van der Waals surface area contributed by atoms with Crippen LogP contribution >= 0.6 is 11.3 Å². The highest BCUT2D eigenvalue weighted by Gasteiger charge is 2.30. The molecular weight excluding hydrogens is 184 g/mol. The zero-order valence-electron chi connectivity index (χ0n) is 7.17. The van der Waals surface area contributed by atoms with E-state index in [4.69, 9.17) is 0 Å². The number of hydrogen-bond donors (Lipinski definition) is 1. The van der Waals surface area contributed by atoms with Crippen LogP contribution in [0.25, 0.3) is 0 Å². The predicted molar refractivity (Wildman–Crippen MR) is 50.1 cm³/mol. The fraction of sp³-hybridized carbons (Fsp3) is 0.556. The van der Waals surface area contributed by atoms with Gasteiger partial charge in [-0.1, -0.05) is 0 Å². The van der Waals surface area contributed by atoms with Crippen molar-refractivity contribution in [1.29, 1.82) is 0 Å². The third-order valence-electron chi connectivity index (χ3n) is 2.47. The summed E-state index contributed by atoms with van der Waals surface area (Å²) in [7, 11) is 0. The van der Waals surface area contributed by atoms with E-state index < -0.39 is 0 Å². The van der Waals surface area contributed by atoms with Crippen LogP contribution in [0.4, 0.5) is 0 Å². The third kappa shape index (κ3) is 1.21. The standard InChI is InChI=1S/C9H10N2OS/c12-7-4-10-3-6-8(7)13-9(11-6)5-1-2-5/h5,10H,1-4H2. The summed E-state index contributed by atoms with van der Waals surface area (Å²) >= 11 is 1.61. The lowest BCUT2D eigenvalue weighted by molar-refractivity contribution is 0.0986. The van der Waals surface area contributed by atoms with Gasteiger partial charge in [-0.05, 0) is 12.8 Å². The molecule has 0 radical (unpaired) electrons. The molecule has 0 amide bonds. The van der Waals surface area contributed by atoms with E-state index >= 15 is 0 Å². The van der Waals surface area contributed by atoms with Gasteiger partial charge in [-0.2, -0.15) is 0 Å². The highest BCUT2D eigenvalue weighted by atomic mass is 32.1. The zero-order valence-corrected chi connectivity index (χ0v) is 7.99. The van der Waals surface area contributed by atoms with E-state index in [1.54, 1.807) is 11.3 Å². The molecule has 0 aromatic carbocycles. The van der Waals surface area contributed by atoms with Gasteiger partial charge in [0.25, 0.3) is 0 Å². The zero-order chi connectivity index (χ0) is 8.84. The van der Waals surface area contributed by atoms with Crippen LogP contribution in [0.3, 0.4) is 0 Å². The lowest BCUT2D eigenvalue weighted by atomic mass is 10.2. The summed E-state index contributed by atoms with van der Waals surface area (Å²) in [6.07, 6.45) is 2.52. The van der Waals surface area contributed by atoms with Crippen LogP contribution in [-0.2, 0) is 6.54 Å². The molecule has 1 N–H and O–H groups in total. The van der Waals surface area contributed by atoms with E-state index in [2.05, 4.69) is 10.3 Å². The first-order chi connectivity index (χ1) is 6.34. The van der Waals surface area contributed by atoms with Gasteiger partial charge in [0.1, 0.15) is 0 Å². The smallest absolute Gasteiger partial charge is 0.188 e. The van der Waals surface area contributed by atoms with E-state index in [9.17, 15) is 4.79 Å². The molecule has 2 aliphatic rings. The number of ketones is 1. The molecule has 0 saturated heterocycles. The molecule has 1 aliphatic heterocycles. The van der Waals surface area contributed by atoms with Crippen molar-refractivity contribution in [3.05, 3.63) is 15.6 Å². The van der Waals surface area contributed by atoms with Crippen molar-refractivity contribution in [3.63, 3.8) is 0 Å². The van der Waals surface area contributed by atoms with Crippen molar-refractivity contribution >= 4 is 17.1 Å². The molecule has 0 bridgehead atoms. The summed E-state index contributed by atoms with van der Waals surface area (Å²) in [5.41, 5.74) is 0.975. The molecule has 1 aromatic heterocycles. The molecule has 2 heterocycles. The van der Waals surface area contributed by atoms with Crippen molar-refractivity contribution in [2.24, 2.45) is 0 Å². The minimum Gasteiger partial charge on any atom is -0.304 e. The first-order valence-electron chi connectivity index (χ1n) is 4.58. The number of carbonyl (C=O) groups is 1. The van der Waals surface area contributed by atoms with Crippen molar-refractivity contribution < 1.29 is 4.79 Å². The fourth-order valence-corrected chi connectivity index (χ4v) is 2.78. The molecule has 3 rings (SSSR count). The minimum absolute atomic E-state index is 0.214. The minimum atomic E-state index is 0.214. The van der Waals surface area contributed by atoms with Gasteiger partial charge in [0.2, 0.25) is 0 Å². The maximum Gasteiger partial charge on any atom is 0.188 e. The average molecular weight is 194 g/mol. The van der Waals surface area contributed by atoms with Gasteiger partial charge in [-0.15, -0.1) is 11.3 Å². The Morgan fingerprint density at radius 3 is 2.92 bits per heavy atom. The molecule has 0 atom stereocenters. The molecule has 1 fully saturated rings. The number of carbonyl (C=O) groups excluding carboxylic acids is 1. The second-order valence-electron chi connectivity index (χ2n) is 3.63. The maximum atomic E-state index is 11.4. The molecule has 0 unspecified atom stereocenters. The summed E-state index contributed by atoms with van der Waals surface area (Å²) in [5, 5.41) is 4.24. The largest absolute Gasteiger partial charge is 0.304 e. The molecule has 1 aromatic rings. The van der Waals surface area contributed by atoms with Gasteiger partial charge >= 0.3 is 0 Å². The predicted octanol–water partition coefficient (Wildman–Crippen LogP) is 1.31. The summed E-state index contributed by atoms with van der Waals surface area (Å²) in [4.78, 5) is 16.9. The Morgan fingerprint density at radius 1 is 1.38 bits per heavy atom. The number of nitrogens with zero attached hydrogens (tertiary/aromatic N) is 1. The quantitative estimate of drug-likeness (QED) is 0.732. The molecule has 4 heteroatoms. The van der Waals surface area contributed by atoms with Crippen molar-refractivity contribution in [1.82, 2.24) is 10.3 Å². The van der Waals surface area contributed by atoms with Crippen LogP contribution in [-0.4, -0.2) is 17.3 Å². The van der Waals surface area contributed by atoms with E-state index in [1.807, 2.05) is 0 Å². The molecule has 1 aliphatic carbocycles. The van der Waals surface area contributed by atoms with Crippen LogP contribution in [0.2, 0.25) is 0 Å². The van der Waals surface area contributed by atoms with Crippen LogP contribution in [0.5, 0.6) is 0 Å². The highest BCUT2D eigenvalue weighted by molar-refractivity contribution is 7.14.